The predicted octanol–water partition coefficient (Wildman–Crippen LogP) is 0.895. The van der Waals surface area contributed by atoms with Gasteiger partial charge < -0.3 is 5.11 Å². The van der Waals surface area contributed by atoms with Crippen molar-refractivity contribution in [1.82, 2.24) is 15.0 Å². The van der Waals surface area contributed by atoms with Gasteiger partial charge in [0.1, 0.15) is 12.2 Å². The molecule has 14 heavy (non-hydrogen) atoms. The van der Waals surface area contributed by atoms with Crippen LogP contribution in [0.5, 0.6) is 0 Å². The quantitative estimate of drug-likeness (QED) is 0.804. The van der Waals surface area contributed by atoms with E-state index in [1.807, 2.05) is 0 Å². The van der Waals surface area contributed by atoms with E-state index in [0.717, 1.165) is 4.68 Å². The average molecular weight is 209 g/mol. The molecule has 0 unspecified atom stereocenters. The van der Waals surface area contributed by atoms with Crippen LogP contribution in [0.25, 0.3) is 0 Å². The lowest BCUT2D eigenvalue weighted by Crippen LogP contribution is -2.20. The van der Waals surface area contributed by atoms with Crippen molar-refractivity contribution in [3.63, 3.8) is 0 Å². The highest BCUT2D eigenvalue weighted by Gasteiger charge is 2.30. The number of aliphatic hydroxyl groups is 1. The Balaban J connectivity index is 2.92. The minimum atomic E-state index is -4.32. The first-order chi connectivity index (χ1) is 6.48. The van der Waals surface area contributed by atoms with Gasteiger partial charge in [0.15, 0.2) is 0 Å². The summed E-state index contributed by atoms with van der Waals surface area (Å²) in [6.45, 7) is 0.134. The summed E-state index contributed by atoms with van der Waals surface area (Å²) in [7, 11) is 0. The number of hydrogen-bond acceptors (Lipinski definition) is 3. The van der Waals surface area contributed by atoms with Gasteiger partial charge in [0.05, 0.1) is 12.3 Å². The topological polar surface area (TPSA) is 50.9 Å². The van der Waals surface area contributed by atoms with Crippen LogP contribution in [-0.4, -0.2) is 26.3 Å². The first-order valence-corrected chi connectivity index (χ1v) is 4.06. The molecular formula is C7H10F3N3O. The Hall–Kier alpha value is -1.11. The average Bonchev–Trinajstić information content (AvgIpc) is 2.43. The van der Waals surface area contributed by atoms with E-state index in [9.17, 15) is 13.2 Å². The Morgan fingerprint density at radius 2 is 2.07 bits per heavy atom. The molecule has 0 saturated heterocycles. The molecule has 7 heteroatoms. The molecule has 0 saturated carbocycles. The molecule has 0 aliphatic carbocycles. The van der Waals surface area contributed by atoms with Crippen molar-refractivity contribution in [1.29, 1.82) is 0 Å². The normalized spacial score (nSPS) is 12.1. The Morgan fingerprint density at radius 3 is 2.50 bits per heavy atom. The summed E-state index contributed by atoms with van der Waals surface area (Å²) in [6.07, 6.45) is -3.96. The summed E-state index contributed by atoms with van der Waals surface area (Å²) in [4.78, 5) is 0. The second-order valence-electron chi connectivity index (χ2n) is 2.77. The van der Waals surface area contributed by atoms with E-state index >= 15 is 0 Å². The molecule has 0 atom stereocenters. The zero-order chi connectivity index (χ0) is 10.8. The van der Waals surface area contributed by atoms with Crippen LogP contribution in [0.4, 0.5) is 13.2 Å². The molecule has 0 aliphatic rings. The van der Waals surface area contributed by atoms with Crippen LogP contribution in [0.1, 0.15) is 18.3 Å². The molecule has 1 aromatic heterocycles. The van der Waals surface area contributed by atoms with Crippen molar-refractivity contribution in [2.45, 2.75) is 32.7 Å². The Bertz CT molecular complexity index is 308. The molecule has 0 fully saturated rings. The minimum absolute atomic E-state index is 0.205. The summed E-state index contributed by atoms with van der Waals surface area (Å²) < 4.78 is 36.8. The molecule has 0 bridgehead atoms. The van der Waals surface area contributed by atoms with Crippen LogP contribution in [0.3, 0.4) is 0 Å². The van der Waals surface area contributed by atoms with Gasteiger partial charge in [-0.1, -0.05) is 12.1 Å². The molecule has 1 aromatic rings. The first-order valence-electron chi connectivity index (χ1n) is 4.06. The number of aromatic nitrogens is 3. The van der Waals surface area contributed by atoms with E-state index in [-0.39, 0.29) is 12.3 Å². The highest BCUT2D eigenvalue weighted by atomic mass is 19.4. The summed E-state index contributed by atoms with van der Waals surface area (Å²) in [5.74, 6) is 0. The monoisotopic (exact) mass is 209 g/mol. The van der Waals surface area contributed by atoms with Crippen molar-refractivity contribution >= 4 is 0 Å². The van der Waals surface area contributed by atoms with Crippen molar-refractivity contribution in [3.05, 3.63) is 11.4 Å². The second-order valence-corrected chi connectivity index (χ2v) is 2.77. The summed E-state index contributed by atoms with van der Waals surface area (Å²) >= 11 is 0. The van der Waals surface area contributed by atoms with Gasteiger partial charge in [-0.2, -0.15) is 13.2 Å². The molecular weight excluding hydrogens is 199 g/mol. The lowest BCUT2D eigenvalue weighted by molar-refractivity contribution is -0.143. The van der Waals surface area contributed by atoms with Gasteiger partial charge in [0.2, 0.25) is 0 Å². The molecule has 0 amide bonds. The lowest BCUT2D eigenvalue weighted by Gasteiger charge is -2.08. The fraction of sp³-hybridized carbons (Fsp3) is 0.714. The highest BCUT2D eigenvalue weighted by Crippen LogP contribution is 2.18. The largest absolute Gasteiger partial charge is 0.408 e. The van der Waals surface area contributed by atoms with Gasteiger partial charge >= 0.3 is 6.18 Å². The van der Waals surface area contributed by atoms with Gasteiger partial charge in [-0.05, 0) is 6.42 Å². The maximum absolute atomic E-state index is 12.0. The molecule has 0 radical (unpaired) electrons. The summed E-state index contributed by atoms with van der Waals surface area (Å²) in [6, 6.07) is 0. The molecule has 0 aromatic carbocycles. The molecule has 0 aliphatic heterocycles. The Morgan fingerprint density at radius 1 is 1.43 bits per heavy atom. The van der Waals surface area contributed by atoms with E-state index in [0.29, 0.717) is 12.1 Å². The summed E-state index contributed by atoms with van der Waals surface area (Å²) in [5, 5.41) is 15.5. The van der Waals surface area contributed by atoms with Crippen LogP contribution in [0.15, 0.2) is 0 Å². The Labute approximate surface area is 78.3 Å². The standard InChI is InChI=1S/C7H10F3N3O/c1-2-6-5(3-14)11-12-13(6)4-7(8,9)10/h14H,2-4H2,1H3. The van der Waals surface area contributed by atoms with Gasteiger partial charge in [-0.15, -0.1) is 5.10 Å². The predicted molar refractivity (Wildman–Crippen MR) is 41.4 cm³/mol. The maximum Gasteiger partial charge on any atom is 0.408 e. The molecule has 1 N–H and O–H groups in total. The number of rotatable bonds is 3. The van der Waals surface area contributed by atoms with Gasteiger partial charge in [-0.25, -0.2) is 4.68 Å². The van der Waals surface area contributed by atoms with Crippen LogP contribution in [-0.2, 0) is 19.6 Å². The fourth-order valence-corrected chi connectivity index (χ4v) is 1.17. The third kappa shape index (κ3) is 2.44. The highest BCUT2D eigenvalue weighted by molar-refractivity contribution is 5.08. The van der Waals surface area contributed by atoms with Crippen molar-refractivity contribution < 1.29 is 18.3 Å². The van der Waals surface area contributed by atoms with E-state index in [4.69, 9.17) is 5.11 Å². The number of hydrogen-bond donors (Lipinski definition) is 1. The maximum atomic E-state index is 12.0. The van der Waals surface area contributed by atoms with Crippen molar-refractivity contribution in [2.24, 2.45) is 0 Å². The zero-order valence-electron chi connectivity index (χ0n) is 7.54. The zero-order valence-corrected chi connectivity index (χ0v) is 7.54. The van der Waals surface area contributed by atoms with Crippen LogP contribution in [0.2, 0.25) is 0 Å². The molecule has 1 heterocycles. The number of nitrogens with zero attached hydrogens (tertiary/aromatic N) is 3. The first kappa shape index (κ1) is 11.0. The number of alkyl halides is 3. The van der Waals surface area contributed by atoms with Crippen molar-refractivity contribution in [2.75, 3.05) is 0 Å². The minimum Gasteiger partial charge on any atom is -0.390 e. The number of aliphatic hydroxyl groups excluding tert-OH is 1. The lowest BCUT2D eigenvalue weighted by atomic mass is 10.2. The molecule has 0 spiro atoms. The second kappa shape index (κ2) is 3.95. The van der Waals surface area contributed by atoms with Gasteiger partial charge in [0.25, 0.3) is 0 Å². The molecule has 80 valence electrons. The van der Waals surface area contributed by atoms with Crippen LogP contribution >= 0.6 is 0 Å². The SMILES string of the molecule is CCc1c(CO)nnn1CC(F)(F)F. The van der Waals surface area contributed by atoms with E-state index in [2.05, 4.69) is 10.3 Å². The third-order valence-corrected chi connectivity index (χ3v) is 1.73. The van der Waals surface area contributed by atoms with E-state index < -0.39 is 12.7 Å². The fourth-order valence-electron chi connectivity index (χ4n) is 1.17. The molecule has 1 rings (SSSR count). The number of halogens is 3. The van der Waals surface area contributed by atoms with Crippen molar-refractivity contribution in [3.8, 4) is 0 Å². The third-order valence-electron chi connectivity index (χ3n) is 1.73. The smallest absolute Gasteiger partial charge is 0.390 e. The molecule has 4 nitrogen and oxygen atoms in total. The van der Waals surface area contributed by atoms with Crippen LogP contribution < -0.4 is 0 Å². The van der Waals surface area contributed by atoms with Gasteiger partial charge in [0, 0.05) is 0 Å². The summed E-state index contributed by atoms with van der Waals surface area (Å²) in [5.41, 5.74) is 0.529. The van der Waals surface area contributed by atoms with E-state index in [1.165, 1.54) is 0 Å². The van der Waals surface area contributed by atoms with E-state index in [1.54, 1.807) is 6.92 Å². The van der Waals surface area contributed by atoms with Crippen LogP contribution in [0, 0.1) is 0 Å². The van der Waals surface area contributed by atoms with Gasteiger partial charge in [-0.3, -0.25) is 0 Å². The Kier molecular flexibility index (Phi) is 3.10.